The van der Waals surface area contributed by atoms with E-state index in [-0.39, 0.29) is 0 Å². The van der Waals surface area contributed by atoms with E-state index < -0.39 is 18.5 Å². The third-order valence-electron chi connectivity index (χ3n) is 0. The zero-order valence-electron chi connectivity index (χ0n) is 2.54. The molecule has 0 saturated carbocycles. The Labute approximate surface area is 33.2 Å². The van der Waals surface area contributed by atoms with Crippen molar-refractivity contribution >= 4 is 0 Å². The minimum atomic E-state index is -8.10. The van der Waals surface area contributed by atoms with Crippen LogP contribution in [0.25, 0.3) is 0 Å². The predicted molar refractivity (Wildman–Crippen MR) is 3.43 cm³/mol. The topological polar surface area (TPSA) is 85.3 Å². The summed E-state index contributed by atoms with van der Waals surface area (Å²) in [6.07, 6.45) is 0. The Hall–Kier alpha value is -0.130. The second-order valence-corrected chi connectivity index (χ2v) is 6.82. The summed E-state index contributed by atoms with van der Waals surface area (Å²) in [5, 5.41) is 0. The first-order valence-electron chi connectivity index (χ1n) is 1.02. The van der Waals surface area contributed by atoms with Crippen LogP contribution >= 0.6 is 0 Å². The zero-order valence-corrected chi connectivity index (χ0v) is 6.13. The van der Waals surface area contributed by atoms with E-state index in [1.54, 1.807) is 0 Å². The summed E-state index contributed by atoms with van der Waals surface area (Å²) in [6, 6.07) is 0. The van der Waals surface area contributed by atoms with Gasteiger partial charge in [-0.25, -0.2) is 0 Å². The summed E-state index contributed by atoms with van der Waals surface area (Å²) < 4.78 is 43.4. The van der Waals surface area contributed by atoms with Gasteiger partial charge in [0.15, 0.2) is 0 Å². The van der Waals surface area contributed by atoms with Crippen LogP contribution in [0.15, 0.2) is 0 Å². The van der Waals surface area contributed by atoms with Crippen molar-refractivity contribution in [1.29, 1.82) is 0 Å². The Bertz CT molecular complexity index is 274. The van der Waals surface area contributed by atoms with Gasteiger partial charge in [0, 0.05) is 0 Å². The Morgan fingerprint density at radius 3 is 0.667 bits per heavy atom. The maximum atomic E-state index is 8.68. The molecule has 0 spiro atoms. The molecule has 0 atom stereocenters. The summed E-state index contributed by atoms with van der Waals surface area (Å²) in [7, 11) is 0. The van der Waals surface area contributed by atoms with Gasteiger partial charge >= 0.3 is 32.8 Å². The molecule has 0 amide bonds. The second kappa shape index (κ2) is 0.749. The average Bonchev–Trinajstić information content (AvgIpc) is 0.650. The van der Waals surface area contributed by atoms with E-state index in [2.05, 4.69) is 0 Å². The van der Waals surface area contributed by atoms with E-state index in [1.165, 1.54) is 0 Å². The molecule has 6 heavy (non-hydrogen) atoms. The zero-order chi connectivity index (χ0) is 5.45. The first kappa shape index (κ1) is 5.87. The van der Waals surface area contributed by atoms with Crippen molar-refractivity contribution in [3.05, 3.63) is 0 Å². The predicted octanol–water partition coefficient (Wildman–Crippen LogP) is -0.597. The minimum absolute atomic E-state index is 8.10. The average molecular weight is 258 g/mol. The van der Waals surface area contributed by atoms with E-state index in [9.17, 15) is 0 Å². The second-order valence-electron chi connectivity index (χ2n) is 0.833. The van der Waals surface area contributed by atoms with Crippen LogP contribution in [0.4, 0.5) is 0 Å². The third kappa shape index (κ3) is 1890. The van der Waals surface area contributed by atoms with E-state index in [0.29, 0.717) is 0 Å². The fourth-order valence-corrected chi connectivity index (χ4v) is 0. The molecule has 0 fully saturated rings. The number of hydrogen-bond acceptors (Lipinski definition) is 5. The van der Waals surface area contributed by atoms with Crippen molar-refractivity contribution in [3.63, 3.8) is 0 Å². The molecule has 5 nitrogen and oxygen atoms in total. The molecular formula is HfO5. The van der Waals surface area contributed by atoms with E-state index in [1.807, 2.05) is 0 Å². The van der Waals surface area contributed by atoms with Gasteiger partial charge < -0.3 is 0 Å². The van der Waals surface area contributed by atoms with Gasteiger partial charge in [0.2, 0.25) is 0 Å². The summed E-state index contributed by atoms with van der Waals surface area (Å²) in [5.74, 6) is 0. The summed E-state index contributed by atoms with van der Waals surface area (Å²) in [5.41, 5.74) is 0. The van der Waals surface area contributed by atoms with E-state index in [0.717, 1.165) is 0 Å². The van der Waals surface area contributed by atoms with Crippen LogP contribution in [0, 0.1) is 0 Å². The van der Waals surface area contributed by atoms with Gasteiger partial charge in [-0.05, 0) is 0 Å². The molecule has 0 bridgehead atoms. The van der Waals surface area contributed by atoms with Crippen LogP contribution in [0.2, 0.25) is 0 Å². The van der Waals surface area contributed by atoms with Gasteiger partial charge in [0.1, 0.15) is 0 Å². The van der Waals surface area contributed by atoms with Crippen molar-refractivity contribution in [3.8, 4) is 0 Å². The molecule has 0 aromatic carbocycles. The molecule has 0 aromatic heterocycles. The SMILES string of the molecule is [O]=[Hf](=[O])(=[O])(=[O])=[O]. The van der Waals surface area contributed by atoms with Crippen molar-refractivity contribution in [2.75, 3.05) is 0 Å². The molecule has 0 aliphatic rings. The third-order valence-corrected chi connectivity index (χ3v) is 0. The summed E-state index contributed by atoms with van der Waals surface area (Å²) in [6.45, 7) is 0. The standard InChI is InChI=1S/Hf.5O. The molecule has 0 aromatic rings. The van der Waals surface area contributed by atoms with Crippen LogP contribution in [-0.4, -0.2) is 0 Å². The Kier molecular flexibility index (Phi) is 0.733. The van der Waals surface area contributed by atoms with Gasteiger partial charge in [0.25, 0.3) is 0 Å². The Balaban J connectivity index is 7.45. The molecule has 0 aliphatic carbocycles. The summed E-state index contributed by atoms with van der Waals surface area (Å²) in [4.78, 5) is 0. The number of rotatable bonds is 0. The molecular weight excluding hydrogens is 258 g/mol. The molecule has 34 valence electrons. The van der Waals surface area contributed by atoms with Crippen molar-refractivity contribution in [2.45, 2.75) is 0 Å². The molecule has 0 saturated heterocycles. The first-order valence-corrected chi connectivity index (χ1v) is 8.35. The first-order chi connectivity index (χ1) is 2.24. The monoisotopic (exact) mass is 260 g/mol. The molecule has 0 N–H and O–H groups in total. The van der Waals surface area contributed by atoms with Crippen molar-refractivity contribution in [2.24, 2.45) is 0 Å². The molecule has 0 aliphatic heterocycles. The van der Waals surface area contributed by atoms with Crippen LogP contribution in [0.5, 0.6) is 0 Å². The van der Waals surface area contributed by atoms with Gasteiger partial charge in [-0.1, -0.05) is 0 Å². The summed E-state index contributed by atoms with van der Waals surface area (Å²) >= 11 is -8.10. The number of hydrogen-bond donors (Lipinski definition) is 0. The van der Waals surface area contributed by atoms with Crippen LogP contribution < -0.4 is 0 Å². The Morgan fingerprint density at radius 2 is 0.667 bits per heavy atom. The van der Waals surface area contributed by atoms with Gasteiger partial charge in [-0.2, -0.15) is 0 Å². The van der Waals surface area contributed by atoms with Crippen LogP contribution in [0.1, 0.15) is 0 Å². The maximum absolute atomic E-state index is 8.68. The van der Waals surface area contributed by atoms with Gasteiger partial charge in [-0.15, -0.1) is 0 Å². The van der Waals surface area contributed by atoms with Crippen LogP contribution in [-0.2, 0) is 32.8 Å². The fourth-order valence-electron chi connectivity index (χ4n) is 0. The van der Waals surface area contributed by atoms with Gasteiger partial charge in [-0.3, -0.25) is 0 Å². The molecule has 0 heterocycles. The van der Waals surface area contributed by atoms with Crippen molar-refractivity contribution in [1.82, 2.24) is 0 Å². The van der Waals surface area contributed by atoms with E-state index in [4.69, 9.17) is 14.3 Å². The van der Waals surface area contributed by atoms with Gasteiger partial charge in [0.05, 0.1) is 0 Å². The van der Waals surface area contributed by atoms with Crippen molar-refractivity contribution < 1.29 is 32.8 Å². The fraction of sp³-hybridized carbons (Fsp3) is 0. The molecule has 0 radical (unpaired) electrons. The molecule has 6 heteroatoms. The van der Waals surface area contributed by atoms with Crippen LogP contribution in [0.3, 0.4) is 0 Å². The molecule has 0 rings (SSSR count). The molecule has 0 unspecified atom stereocenters. The van der Waals surface area contributed by atoms with E-state index >= 15 is 0 Å². The Morgan fingerprint density at radius 1 is 0.667 bits per heavy atom. The normalized spacial score (nSPS) is 5.83. The quantitative estimate of drug-likeness (QED) is 0.542.